The first-order valence-corrected chi connectivity index (χ1v) is 34.6. The van der Waals surface area contributed by atoms with Crippen LogP contribution in [0, 0.1) is 50.4 Å². The molecule has 4 bridgehead atoms. The molecule has 2 N–H and O–H groups in total. The molecule has 8 heterocycles. The number of benzene rings is 8. The van der Waals surface area contributed by atoms with Crippen molar-refractivity contribution < 1.29 is 67.1 Å². The lowest BCUT2D eigenvalue weighted by Crippen LogP contribution is -2.69. The third kappa shape index (κ3) is 11.5. The van der Waals surface area contributed by atoms with Crippen molar-refractivity contribution in [3.05, 3.63) is 228 Å². The van der Waals surface area contributed by atoms with Crippen LogP contribution >= 0.6 is 0 Å². The number of carbonyl (C=O) groups is 1. The molecule has 524 valence electrons. The summed E-state index contributed by atoms with van der Waals surface area (Å²) in [5, 5.41) is 46.4. The van der Waals surface area contributed by atoms with Gasteiger partial charge in [-0.3, -0.25) is 19.5 Å². The number of aliphatic hydroxyl groups is 1. The van der Waals surface area contributed by atoms with E-state index in [1.807, 2.05) is 149 Å². The van der Waals surface area contributed by atoms with Crippen LogP contribution in [0.5, 0.6) is 57.5 Å². The highest BCUT2D eigenvalue weighted by atomic mass is 16.7. The summed E-state index contributed by atoms with van der Waals surface area (Å²) in [6, 6.07) is 45.6. The third-order valence-electron chi connectivity index (χ3n) is 21.6. The van der Waals surface area contributed by atoms with Crippen LogP contribution in [0.15, 0.2) is 139 Å². The molecule has 0 aliphatic carbocycles. The Bertz CT molecular complexity index is 4660. The van der Waals surface area contributed by atoms with E-state index in [4.69, 9.17) is 52.1 Å². The number of rotatable bonds is 17. The van der Waals surface area contributed by atoms with Gasteiger partial charge in [0, 0.05) is 69.2 Å². The van der Waals surface area contributed by atoms with Gasteiger partial charge < -0.3 is 67.2 Å². The Morgan fingerprint density at radius 1 is 0.559 bits per heavy atom. The molecule has 2 fully saturated rings. The Hall–Kier alpha value is -10.3. The van der Waals surface area contributed by atoms with Crippen LogP contribution in [0.1, 0.15) is 126 Å². The number of phenols is 1. The van der Waals surface area contributed by atoms with Gasteiger partial charge in [0.1, 0.15) is 42.9 Å². The summed E-state index contributed by atoms with van der Waals surface area (Å²) < 4.78 is 68.5. The van der Waals surface area contributed by atoms with Crippen molar-refractivity contribution in [2.24, 2.45) is 0 Å². The topological polar surface area (TPSA) is 220 Å². The number of nitrogens with zero attached hydrogens (tertiary/aromatic N) is 6. The van der Waals surface area contributed by atoms with Crippen molar-refractivity contribution in [3.63, 3.8) is 0 Å². The average Bonchev–Trinajstić information content (AvgIpc) is 0.896. The zero-order valence-electron chi connectivity index (χ0n) is 58.6. The largest absolute Gasteiger partial charge is 0.507 e. The number of aryl methyl sites for hydroxylation is 2. The van der Waals surface area contributed by atoms with Crippen LogP contribution in [0.2, 0.25) is 0 Å². The number of aromatic hydroxyl groups is 1. The maximum Gasteiger partial charge on any atom is 0.308 e. The van der Waals surface area contributed by atoms with Gasteiger partial charge in [-0.15, -0.1) is 0 Å². The number of piperazine rings is 2. The molecule has 8 aromatic carbocycles. The van der Waals surface area contributed by atoms with Crippen LogP contribution in [0.25, 0.3) is 6.08 Å². The highest BCUT2D eigenvalue weighted by molar-refractivity contribution is 5.81. The summed E-state index contributed by atoms with van der Waals surface area (Å²) >= 11 is 0. The number of methoxy groups -OCH3 is 2. The summed E-state index contributed by atoms with van der Waals surface area (Å²) in [4.78, 5) is 21.4. The molecule has 8 aliphatic rings. The molecule has 8 aliphatic heterocycles. The van der Waals surface area contributed by atoms with Gasteiger partial charge >= 0.3 is 5.97 Å². The quantitative estimate of drug-likeness (QED) is 0.0639. The van der Waals surface area contributed by atoms with E-state index in [9.17, 15) is 25.5 Å². The van der Waals surface area contributed by atoms with E-state index >= 15 is 0 Å². The number of nitriles is 2. The van der Waals surface area contributed by atoms with E-state index < -0.39 is 48.3 Å². The lowest BCUT2D eigenvalue weighted by molar-refractivity contribution is -0.132. The SMILES string of the molecule is COc1c(C)cc2c(c1OCc1ccccc1)[C@@H]1C3=Cc4c(OC(C)=O)c(C)c5c(c4[C@H](COCc4ccccc4)N3[C@@H](C#N)[C@H](C2)N1C)OCO5.COc1c(C)cc2c(c1OCc1ccccc1)[C@@H]1[C@H]3C(O)c4c(O)c(C)c5c(c4[C@H](COCc4ccccc4)N3[C@@H](C#N)[C@H](C2)N1C)OCO5. The Labute approximate surface area is 593 Å². The fourth-order valence-electron chi connectivity index (χ4n) is 17.2. The highest BCUT2D eigenvalue weighted by Gasteiger charge is 2.60. The number of hydrogen-bond acceptors (Lipinski definition) is 20. The number of carbonyl (C=O) groups excluding carboxylic acids is 1. The summed E-state index contributed by atoms with van der Waals surface area (Å²) in [5.41, 5.74) is 14.6. The van der Waals surface area contributed by atoms with Crippen LogP contribution in [-0.4, -0.2) is 121 Å². The van der Waals surface area contributed by atoms with Crippen LogP contribution < -0.4 is 42.6 Å². The molecular weight excluding hydrogens is 1290 g/mol. The molecule has 102 heavy (non-hydrogen) atoms. The van der Waals surface area contributed by atoms with Crippen LogP contribution in [0.3, 0.4) is 0 Å². The molecule has 0 aromatic heterocycles. The lowest BCUT2D eigenvalue weighted by Gasteiger charge is -2.61. The lowest BCUT2D eigenvalue weighted by atomic mass is 9.70. The van der Waals surface area contributed by atoms with Gasteiger partial charge in [0.05, 0.1) is 83.0 Å². The molecule has 20 nitrogen and oxygen atoms in total. The molecule has 20 heteroatoms. The fourth-order valence-corrected chi connectivity index (χ4v) is 17.2. The molecule has 8 aromatic rings. The number of phenolic OH excluding ortho intramolecular Hbond substituents is 1. The second-order valence-electron chi connectivity index (χ2n) is 27.4. The number of likely N-dealkylation sites (N-methyl/N-ethyl adjacent to an activating group) is 2. The molecule has 2 saturated heterocycles. The van der Waals surface area contributed by atoms with Crippen molar-refractivity contribution in [1.82, 2.24) is 19.6 Å². The first-order valence-electron chi connectivity index (χ1n) is 34.6. The number of hydrogen-bond donors (Lipinski definition) is 2. The third-order valence-corrected chi connectivity index (χ3v) is 21.6. The zero-order valence-corrected chi connectivity index (χ0v) is 58.6. The predicted molar refractivity (Wildman–Crippen MR) is 377 cm³/mol. The minimum absolute atomic E-state index is 0.00646. The Morgan fingerprint density at radius 2 is 1.03 bits per heavy atom. The summed E-state index contributed by atoms with van der Waals surface area (Å²) in [6.45, 7) is 10.9. The van der Waals surface area contributed by atoms with Crippen LogP contribution in [-0.2, 0) is 53.5 Å². The second kappa shape index (κ2) is 27.9. The zero-order chi connectivity index (χ0) is 70.8. The number of aliphatic hydroxyl groups excluding tert-OH is 1. The van der Waals surface area contributed by atoms with Crippen molar-refractivity contribution in [2.75, 3.05) is 55.1 Å². The number of esters is 1. The minimum atomic E-state index is -1.20. The van der Waals surface area contributed by atoms with E-state index in [-0.39, 0.29) is 50.7 Å². The molecule has 0 saturated carbocycles. The molecule has 16 rings (SSSR count). The van der Waals surface area contributed by atoms with E-state index in [0.29, 0.717) is 119 Å². The molecule has 10 atom stereocenters. The minimum Gasteiger partial charge on any atom is -0.507 e. The maximum atomic E-state index is 12.6. The van der Waals surface area contributed by atoms with E-state index in [1.165, 1.54) is 6.92 Å². The summed E-state index contributed by atoms with van der Waals surface area (Å²) in [7, 11) is 7.41. The van der Waals surface area contributed by atoms with Crippen LogP contribution in [0.4, 0.5) is 0 Å². The van der Waals surface area contributed by atoms with E-state index in [0.717, 1.165) is 66.9 Å². The monoisotopic (exact) mass is 1370 g/mol. The Kier molecular flexibility index (Phi) is 18.5. The van der Waals surface area contributed by atoms with Gasteiger partial charge in [0.2, 0.25) is 13.6 Å². The van der Waals surface area contributed by atoms with Gasteiger partial charge in [0.15, 0.2) is 46.0 Å². The molecule has 0 spiro atoms. The van der Waals surface area contributed by atoms with Crippen molar-refractivity contribution in [2.45, 2.75) is 134 Å². The van der Waals surface area contributed by atoms with E-state index in [2.05, 4.69) is 57.0 Å². The number of fused-ring (bicyclic) bond motifs is 18. The number of ether oxygens (including phenoxy) is 11. The maximum absolute atomic E-state index is 12.6. The van der Waals surface area contributed by atoms with Gasteiger partial charge in [-0.1, -0.05) is 133 Å². The van der Waals surface area contributed by atoms with Crippen molar-refractivity contribution in [3.8, 4) is 69.6 Å². The van der Waals surface area contributed by atoms with Gasteiger partial charge in [-0.25, -0.2) is 0 Å². The van der Waals surface area contributed by atoms with Gasteiger partial charge in [0.25, 0.3) is 0 Å². The van der Waals surface area contributed by atoms with Gasteiger partial charge in [-0.2, -0.15) is 10.5 Å². The van der Waals surface area contributed by atoms with Crippen molar-refractivity contribution in [1.29, 1.82) is 10.5 Å². The molecule has 1 unspecified atom stereocenters. The molecule has 0 radical (unpaired) electrons. The van der Waals surface area contributed by atoms with Crippen molar-refractivity contribution >= 4 is 12.0 Å². The average molecular weight is 1380 g/mol. The highest BCUT2D eigenvalue weighted by Crippen LogP contribution is 2.63. The molecular formula is C82H82N6O14. The normalized spacial score (nSPS) is 22.9. The van der Waals surface area contributed by atoms with E-state index in [1.54, 1.807) is 21.1 Å². The smallest absolute Gasteiger partial charge is 0.308 e. The predicted octanol–water partition coefficient (Wildman–Crippen LogP) is 12.8. The molecule has 0 amide bonds. The Morgan fingerprint density at radius 3 is 1.55 bits per heavy atom. The summed E-state index contributed by atoms with van der Waals surface area (Å²) in [5.74, 6) is 4.57. The second-order valence-corrected chi connectivity index (χ2v) is 27.4. The first kappa shape index (κ1) is 67.5. The fraction of sp³-hybridized carbons (Fsp3) is 0.354. The summed E-state index contributed by atoms with van der Waals surface area (Å²) in [6.07, 6.45) is 2.08. The first-order chi connectivity index (χ1) is 49.6. The standard InChI is InChI=1S/C42H41N3O7.C40H41N3O7/c1-24-16-29-17-31-33(19-43)45-32(37(44(31)4)35(29)41(38(24)47-5)49-21-28-14-10-7-11-15-28)18-30-36(34(45)22-48-20-27-12-8-6-9-13-27)42-40(50-23-51-42)25(2)39(30)52-26(3)46;1-22-15-26-16-27-28(17-41)43-29(20-47-18-24-11-7-5-8-12-24)31-32(35(44)23(2)38-40(31)50-21-49-38)36(45)34(43)33(42(27)3)30(26)39(37(22)46-4)48-19-25-13-9-6-10-14-25/h6-16,18,31,33-34,37H,17,20-23H2,1-5H3;5-15,27-29,33-34,36,44-45H,16,18-21H2,1-4H3/t31-,33-,34-,37-;27-,28-,29-,33+,34-,36?/m00/s1. The van der Waals surface area contributed by atoms with Gasteiger partial charge in [-0.05, 0) is 105 Å². The Balaban J connectivity index is 0.000000165.